The molecule has 0 unspecified atom stereocenters. The molecule has 0 aliphatic rings. The van der Waals surface area contributed by atoms with Crippen molar-refractivity contribution >= 4 is 0 Å². The molecule has 0 atom stereocenters. The van der Waals surface area contributed by atoms with Gasteiger partial charge in [0, 0.05) is 24.2 Å². The first-order valence-corrected chi connectivity index (χ1v) is 6.13. The van der Waals surface area contributed by atoms with Crippen LogP contribution in [0.1, 0.15) is 12.5 Å². The molecule has 0 fully saturated rings. The van der Waals surface area contributed by atoms with Crippen molar-refractivity contribution < 1.29 is 4.74 Å². The fraction of sp³-hybridized carbons (Fsp3) is 0.357. The lowest BCUT2D eigenvalue weighted by molar-refractivity contribution is 0.415. The van der Waals surface area contributed by atoms with Gasteiger partial charge < -0.3 is 10.1 Å². The summed E-state index contributed by atoms with van der Waals surface area (Å²) in [7, 11) is 3.63. The van der Waals surface area contributed by atoms with E-state index in [-0.39, 0.29) is 0 Å². The highest BCUT2D eigenvalue weighted by molar-refractivity contribution is 5.65. The minimum absolute atomic E-state index is 0.812. The molecule has 0 radical (unpaired) electrons. The molecule has 2 aromatic rings. The molecule has 2 rings (SSSR count). The second-order valence-corrected chi connectivity index (χ2v) is 4.10. The van der Waals surface area contributed by atoms with Crippen LogP contribution in [-0.4, -0.2) is 23.9 Å². The van der Waals surface area contributed by atoms with Crippen LogP contribution in [0.15, 0.2) is 30.5 Å². The van der Waals surface area contributed by atoms with Gasteiger partial charge >= 0.3 is 0 Å². The number of rotatable bonds is 5. The molecule has 4 heteroatoms. The van der Waals surface area contributed by atoms with Gasteiger partial charge in [-0.15, -0.1) is 0 Å². The van der Waals surface area contributed by atoms with Crippen LogP contribution in [0, 0.1) is 0 Å². The standard InChI is InChI=1S/C14H19N3O/c1-4-17-14(12(9-15-2)10-16-17)11-6-5-7-13(8-11)18-3/h5-8,10,15H,4,9H2,1-3H3. The number of aryl methyl sites for hydroxylation is 1. The fourth-order valence-electron chi connectivity index (χ4n) is 2.09. The van der Waals surface area contributed by atoms with Gasteiger partial charge in [-0.3, -0.25) is 4.68 Å². The Kier molecular flexibility index (Phi) is 3.99. The molecule has 0 amide bonds. The van der Waals surface area contributed by atoms with Crippen LogP contribution in [0.2, 0.25) is 0 Å². The Morgan fingerprint density at radius 1 is 1.39 bits per heavy atom. The Balaban J connectivity index is 2.49. The molecule has 1 N–H and O–H groups in total. The molecule has 1 aromatic heterocycles. The highest BCUT2D eigenvalue weighted by Crippen LogP contribution is 2.27. The molecule has 0 aliphatic heterocycles. The zero-order valence-corrected chi connectivity index (χ0v) is 11.1. The van der Waals surface area contributed by atoms with Crippen molar-refractivity contribution in [2.75, 3.05) is 14.2 Å². The van der Waals surface area contributed by atoms with E-state index in [0.717, 1.165) is 30.1 Å². The van der Waals surface area contributed by atoms with Gasteiger partial charge in [-0.05, 0) is 26.1 Å². The van der Waals surface area contributed by atoms with Crippen molar-refractivity contribution in [1.29, 1.82) is 0 Å². The van der Waals surface area contributed by atoms with Crippen LogP contribution in [0.4, 0.5) is 0 Å². The summed E-state index contributed by atoms with van der Waals surface area (Å²) in [6.07, 6.45) is 1.93. The van der Waals surface area contributed by atoms with Gasteiger partial charge in [-0.1, -0.05) is 12.1 Å². The first kappa shape index (κ1) is 12.6. The summed E-state index contributed by atoms with van der Waals surface area (Å²) < 4.78 is 7.30. The first-order chi connectivity index (χ1) is 8.80. The lowest BCUT2D eigenvalue weighted by Gasteiger charge is -2.09. The lowest BCUT2D eigenvalue weighted by Crippen LogP contribution is -2.07. The summed E-state index contributed by atoms with van der Waals surface area (Å²) in [6.45, 7) is 3.77. The van der Waals surface area contributed by atoms with Gasteiger partial charge in [0.2, 0.25) is 0 Å². The van der Waals surface area contributed by atoms with Gasteiger partial charge in [-0.2, -0.15) is 5.10 Å². The quantitative estimate of drug-likeness (QED) is 0.878. The molecule has 0 saturated carbocycles. The molecule has 0 bridgehead atoms. The van der Waals surface area contributed by atoms with E-state index in [9.17, 15) is 0 Å². The van der Waals surface area contributed by atoms with E-state index in [4.69, 9.17) is 4.74 Å². The first-order valence-electron chi connectivity index (χ1n) is 6.13. The van der Waals surface area contributed by atoms with E-state index in [1.165, 1.54) is 5.56 Å². The van der Waals surface area contributed by atoms with Crippen LogP contribution < -0.4 is 10.1 Å². The van der Waals surface area contributed by atoms with Crippen molar-refractivity contribution in [3.63, 3.8) is 0 Å². The number of nitrogens with zero attached hydrogens (tertiary/aromatic N) is 2. The van der Waals surface area contributed by atoms with Crippen molar-refractivity contribution in [2.24, 2.45) is 0 Å². The van der Waals surface area contributed by atoms with Crippen LogP contribution in [-0.2, 0) is 13.1 Å². The van der Waals surface area contributed by atoms with Crippen molar-refractivity contribution in [3.8, 4) is 17.0 Å². The Morgan fingerprint density at radius 3 is 2.89 bits per heavy atom. The molecule has 18 heavy (non-hydrogen) atoms. The van der Waals surface area contributed by atoms with Gasteiger partial charge in [0.05, 0.1) is 19.0 Å². The van der Waals surface area contributed by atoms with Gasteiger partial charge in [0.25, 0.3) is 0 Å². The maximum absolute atomic E-state index is 5.28. The van der Waals surface area contributed by atoms with E-state index >= 15 is 0 Å². The van der Waals surface area contributed by atoms with Gasteiger partial charge in [0.1, 0.15) is 5.75 Å². The Labute approximate surface area is 108 Å². The number of aromatic nitrogens is 2. The third-order valence-corrected chi connectivity index (χ3v) is 2.93. The molecular formula is C14H19N3O. The molecule has 0 spiro atoms. The zero-order valence-electron chi connectivity index (χ0n) is 11.1. The highest BCUT2D eigenvalue weighted by Gasteiger charge is 2.12. The van der Waals surface area contributed by atoms with Crippen LogP contribution in [0.5, 0.6) is 5.75 Å². The molecule has 0 saturated heterocycles. The van der Waals surface area contributed by atoms with Gasteiger partial charge in [-0.25, -0.2) is 0 Å². The number of hydrogen-bond donors (Lipinski definition) is 1. The van der Waals surface area contributed by atoms with E-state index in [0.29, 0.717) is 0 Å². The predicted molar refractivity (Wildman–Crippen MR) is 72.7 cm³/mol. The largest absolute Gasteiger partial charge is 0.497 e. The zero-order chi connectivity index (χ0) is 13.0. The molecule has 1 aromatic carbocycles. The van der Waals surface area contributed by atoms with Crippen molar-refractivity contribution in [2.45, 2.75) is 20.0 Å². The van der Waals surface area contributed by atoms with Crippen molar-refractivity contribution in [3.05, 3.63) is 36.0 Å². The Morgan fingerprint density at radius 2 is 2.22 bits per heavy atom. The summed E-state index contributed by atoms with van der Waals surface area (Å²) in [5.41, 5.74) is 3.50. The normalized spacial score (nSPS) is 10.6. The van der Waals surface area contributed by atoms with E-state index < -0.39 is 0 Å². The summed E-state index contributed by atoms with van der Waals surface area (Å²) in [5.74, 6) is 0.867. The van der Waals surface area contributed by atoms with Gasteiger partial charge in [0.15, 0.2) is 0 Å². The lowest BCUT2D eigenvalue weighted by atomic mass is 10.1. The monoisotopic (exact) mass is 245 g/mol. The number of methoxy groups -OCH3 is 1. The minimum Gasteiger partial charge on any atom is -0.497 e. The molecule has 96 valence electrons. The Hall–Kier alpha value is -1.81. The molecular weight excluding hydrogens is 226 g/mol. The van der Waals surface area contributed by atoms with E-state index in [1.54, 1.807) is 7.11 Å². The third-order valence-electron chi connectivity index (χ3n) is 2.93. The highest BCUT2D eigenvalue weighted by atomic mass is 16.5. The maximum atomic E-state index is 5.28. The average Bonchev–Trinajstić information content (AvgIpc) is 2.82. The fourth-order valence-corrected chi connectivity index (χ4v) is 2.09. The van der Waals surface area contributed by atoms with Crippen LogP contribution in [0.25, 0.3) is 11.3 Å². The summed E-state index contributed by atoms with van der Waals surface area (Å²) in [5, 5.41) is 7.60. The summed E-state index contributed by atoms with van der Waals surface area (Å²) in [4.78, 5) is 0. The second kappa shape index (κ2) is 5.69. The average molecular weight is 245 g/mol. The summed E-state index contributed by atoms with van der Waals surface area (Å²) in [6, 6.07) is 8.09. The Bertz CT molecular complexity index is 520. The van der Waals surface area contributed by atoms with E-state index in [2.05, 4.69) is 23.4 Å². The molecule has 4 nitrogen and oxygen atoms in total. The minimum atomic E-state index is 0.812. The predicted octanol–water partition coefficient (Wildman–Crippen LogP) is 2.30. The number of nitrogens with one attached hydrogen (secondary N) is 1. The number of benzene rings is 1. The smallest absolute Gasteiger partial charge is 0.119 e. The second-order valence-electron chi connectivity index (χ2n) is 4.10. The number of hydrogen-bond acceptors (Lipinski definition) is 3. The van der Waals surface area contributed by atoms with Crippen LogP contribution in [0.3, 0.4) is 0 Å². The topological polar surface area (TPSA) is 39.1 Å². The third kappa shape index (κ3) is 2.38. The van der Waals surface area contributed by atoms with Crippen molar-refractivity contribution in [1.82, 2.24) is 15.1 Å². The van der Waals surface area contributed by atoms with Crippen LogP contribution >= 0.6 is 0 Å². The maximum Gasteiger partial charge on any atom is 0.119 e. The SMILES string of the molecule is CCn1ncc(CNC)c1-c1cccc(OC)c1. The van der Waals surface area contributed by atoms with E-state index in [1.807, 2.05) is 36.1 Å². The molecule has 0 aliphatic carbocycles. The summed E-state index contributed by atoms with van der Waals surface area (Å²) >= 11 is 0. The number of ether oxygens (including phenoxy) is 1. The molecule has 1 heterocycles.